The Morgan fingerprint density at radius 1 is 0.852 bits per heavy atom. The summed E-state index contributed by atoms with van der Waals surface area (Å²) in [5.41, 5.74) is 8.85. The van der Waals surface area contributed by atoms with Gasteiger partial charge in [0, 0.05) is 48.6 Å². The second-order valence-corrected chi connectivity index (χ2v) is 6.13. The van der Waals surface area contributed by atoms with E-state index in [2.05, 4.69) is 42.6 Å². The monoisotopic (exact) mass is 363 g/mol. The lowest BCUT2D eigenvalue weighted by atomic mass is 10.2. The largest absolute Gasteiger partial charge is 0.378 e. The van der Waals surface area contributed by atoms with Gasteiger partial charge in [-0.1, -0.05) is 0 Å². The molecule has 138 valence electrons. The molecule has 4 rings (SSSR count). The van der Waals surface area contributed by atoms with E-state index >= 15 is 0 Å². The second-order valence-electron chi connectivity index (χ2n) is 6.13. The third-order valence-corrected chi connectivity index (χ3v) is 4.21. The van der Waals surface area contributed by atoms with Crippen LogP contribution in [0.15, 0.2) is 54.9 Å². The number of benzene rings is 1. The van der Waals surface area contributed by atoms with Crippen molar-refractivity contribution in [3.63, 3.8) is 0 Å². The van der Waals surface area contributed by atoms with Gasteiger partial charge in [-0.15, -0.1) is 0 Å². The molecule has 1 saturated heterocycles. The van der Waals surface area contributed by atoms with Crippen molar-refractivity contribution >= 4 is 34.6 Å². The fraction of sp³-hybridized carbons (Fsp3) is 0.211. The molecule has 0 unspecified atom stereocenters. The third-order valence-electron chi connectivity index (χ3n) is 4.21. The first-order valence-corrected chi connectivity index (χ1v) is 8.78. The van der Waals surface area contributed by atoms with E-state index in [1.807, 2.05) is 30.3 Å². The second kappa shape index (κ2) is 7.88. The maximum absolute atomic E-state index is 5.86. The van der Waals surface area contributed by atoms with Crippen molar-refractivity contribution in [1.29, 1.82) is 0 Å². The van der Waals surface area contributed by atoms with Gasteiger partial charge in [0.25, 0.3) is 0 Å². The van der Waals surface area contributed by atoms with Crippen LogP contribution in [-0.4, -0.2) is 41.3 Å². The zero-order valence-corrected chi connectivity index (χ0v) is 14.8. The molecular weight excluding hydrogens is 342 g/mol. The molecule has 3 aromatic rings. The Bertz CT molecular complexity index is 880. The zero-order valence-electron chi connectivity index (χ0n) is 14.8. The number of morpholine rings is 1. The van der Waals surface area contributed by atoms with Crippen molar-refractivity contribution in [3.8, 4) is 0 Å². The highest BCUT2D eigenvalue weighted by molar-refractivity contribution is 5.65. The highest BCUT2D eigenvalue weighted by Gasteiger charge is 2.11. The van der Waals surface area contributed by atoms with Crippen molar-refractivity contribution in [1.82, 2.24) is 15.0 Å². The number of pyridine rings is 1. The predicted molar refractivity (Wildman–Crippen MR) is 107 cm³/mol. The molecule has 0 saturated carbocycles. The Balaban J connectivity index is 1.47. The number of anilines is 6. The highest BCUT2D eigenvalue weighted by Crippen LogP contribution is 2.23. The first-order valence-electron chi connectivity index (χ1n) is 8.78. The van der Waals surface area contributed by atoms with Crippen LogP contribution in [0.25, 0.3) is 0 Å². The van der Waals surface area contributed by atoms with E-state index in [0.717, 1.165) is 37.7 Å². The minimum Gasteiger partial charge on any atom is -0.378 e. The highest BCUT2D eigenvalue weighted by atomic mass is 16.5. The summed E-state index contributed by atoms with van der Waals surface area (Å²) in [5, 5.41) is 6.47. The van der Waals surface area contributed by atoms with Crippen LogP contribution in [0.4, 0.5) is 34.6 Å². The Labute approximate surface area is 157 Å². The molecule has 1 aliphatic heterocycles. The van der Waals surface area contributed by atoms with E-state index in [1.54, 1.807) is 12.4 Å². The fourth-order valence-corrected chi connectivity index (χ4v) is 2.90. The summed E-state index contributed by atoms with van der Waals surface area (Å²) in [7, 11) is 0. The average Bonchev–Trinajstić information content (AvgIpc) is 2.70. The maximum Gasteiger partial charge on any atom is 0.223 e. The van der Waals surface area contributed by atoms with Gasteiger partial charge < -0.3 is 26.0 Å². The van der Waals surface area contributed by atoms with E-state index in [-0.39, 0.29) is 5.95 Å². The van der Waals surface area contributed by atoms with Gasteiger partial charge in [-0.05, 0) is 36.4 Å². The van der Waals surface area contributed by atoms with Gasteiger partial charge in [0.1, 0.15) is 11.6 Å². The number of ether oxygens (including phenoxy) is 1. The van der Waals surface area contributed by atoms with Gasteiger partial charge in [0.05, 0.1) is 13.2 Å². The number of rotatable bonds is 5. The number of nitrogen functional groups attached to an aromatic ring is 1. The van der Waals surface area contributed by atoms with Gasteiger partial charge in [0.2, 0.25) is 5.95 Å². The van der Waals surface area contributed by atoms with Crippen LogP contribution in [0.5, 0.6) is 0 Å². The van der Waals surface area contributed by atoms with Crippen LogP contribution in [-0.2, 0) is 4.74 Å². The summed E-state index contributed by atoms with van der Waals surface area (Å²) < 4.78 is 5.40. The van der Waals surface area contributed by atoms with Crippen molar-refractivity contribution in [3.05, 3.63) is 54.9 Å². The smallest absolute Gasteiger partial charge is 0.223 e. The molecule has 8 heteroatoms. The number of hydrogen-bond donors (Lipinski definition) is 3. The Morgan fingerprint density at radius 3 is 2.07 bits per heavy atom. The lowest BCUT2D eigenvalue weighted by Crippen LogP contribution is -2.36. The normalized spacial score (nSPS) is 14.0. The lowest BCUT2D eigenvalue weighted by Gasteiger charge is -2.28. The SMILES string of the molecule is Nc1nc(Nc2ccncc2)cc(Nc2ccc(N3CCOCC3)cc2)n1. The standard InChI is InChI=1S/C19H21N7O/c20-19-24-17(13-18(25-19)23-15-5-7-21-8-6-15)22-14-1-3-16(4-2-14)26-9-11-27-12-10-26/h1-8,13H,9-12H2,(H4,20,21,22,23,24,25). The Morgan fingerprint density at radius 2 is 1.44 bits per heavy atom. The molecule has 2 aromatic heterocycles. The minimum atomic E-state index is 0.196. The van der Waals surface area contributed by atoms with Crippen molar-refractivity contribution in [2.24, 2.45) is 0 Å². The van der Waals surface area contributed by atoms with Crippen LogP contribution < -0.4 is 21.3 Å². The molecule has 8 nitrogen and oxygen atoms in total. The third kappa shape index (κ3) is 4.42. The molecule has 1 aliphatic rings. The molecule has 27 heavy (non-hydrogen) atoms. The van der Waals surface area contributed by atoms with Gasteiger partial charge in [-0.2, -0.15) is 9.97 Å². The summed E-state index contributed by atoms with van der Waals surface area (Å²) in [5.74, 6) is 1.43. The number of hydrogen-bond acceptors (Lipinski definition) is 8. The molecule has 3 heterocycles. The molecule has 4 N–H and O–H groups in total. The van der Waals surface area contributed by atoms with E-state index in [0.29, 0.717) is 11.6 Å². The molecule has 0 atom stereocenters. The number of aromatic nitrogens is 3. The zero-order chi connectivity index (χ0) is 18.5. The molecule has 0 amide bonds. The van der Waals surface area contributed by atoms with Gasteiger partial charge in [-0.3, -0.25) is 4.98 Å². The first kappa shape index (κ1) is 17.0. The van der Waals surface area contributed by atoms with Gasteiger partial charge >= 0.3 is 0 Å². The van der Waals surface area contributed by atoms with Crippen LogP contribution >= 0.6 is 0 Å². The summed E-state index contributed by atoms with van der Waals surface area (Å²) in [6.45, 7) is 3.37. The van der Waals surface area contributed by atoms with E-state index in [9.17, 15) is 0 Å². The van der Waals surface area contributed by atoms with Crippen molar-refractivity contribution in [2.45, 2.75) is 0 Å². The summed E-state index contributed by atoms with van der Waals surface area (Å²) in [4.78, 5) is 14.8. The summed E-state index contributed by atoms with van der Waals surface area (Å²) in [6, 6.07) is 13.8. The molecule has 0 aliphatic carbocycles. The molecule has 1 fully saturated rings. The lowest BCUT2D eigenvalue weighted by molar-refractivity contribution is 0.122. The minimum absolute atomic E-state index is 0.196. The van der Waals surface area contributed by atoms with E-state index in [1.165, 1.54) is 5.69 Å². The van der Waals surface area contributed by atoms with Crippen molar-refractivity contribution in [2.75, 3.05) is 47.6 Å². The number of nitrogens with one attached hydrogen (secondary N) is 2. The summed E-state index contributed by atoms with van der Waals surface area (Å²) >= 11 is 0. The van der Waals surface area contributed by atoms with Crippen LogP contribution in [0.1, 0.15) is 0 Å². The van der Waals surface area contributed by atoms with Crippen molar-refractivity contribution < 1.29 is 4.74 Å². The van der Waals surface area contributed by atoms with Crippen LogP contribution in [0.3, 0.4) is 0 Å². The average molecular weight is 363 g/mol. The van der Waals surface area contributed by atoms with Crippen LogP contribution in [0.2, 0.25) is 0 Å². The molecular formula is C19H21N7O. The Kier molecular flexibility index (Phi) is 4.97. The number of nitrogens with zero attached hydrogens (tertiary/aromatic N) is 4. The Hall–Kier alpha value is -3.39. The maximum atomic E-state index is 5.86. The fourth-order valence-electron chi connectivity index (χ4n) is 2.90. The van der Waals surface area contributed by atoms with Crippen LogP contribution in [0, 0.1) is 0 Å². The molecule has 0 radical (unpaired) electrons. The van der Waals surface area contributed by atoms with E-state index in [4.69, 9.17) is 10.5 Å². The topological polar surface area (TPSA) is 101 Å². The molecule has 0 spiro atoms. The summed E-state index contributed by atoms with van der Waals surface area (Å²) in [6.07, 6.45) is 3.42. The molecule has 1 aromatic carbocycles. The first-order chi connectivity index (χ1) is 13.3. The van der Waals surface area contributed by atoms with E-state index < -0.39 is 0 Å². The van der Waals surface area contributed by atoms with Gasteiger partial charge in [0.15, 0.2) is 0 Å². The molecule has 0 bridgehead atoms. The van der Waals surface area contributed by atoms with Gasteiger partial charge in [-0.25, -0.2) is 0 Å². The quantitative estimate of drug-likeness (QED) is 0.636. The predicted octanol–water partition coefficient (Wildman–Crippen LogP) is 2.78. The number of nitrogens with two attached hydrogens (primary N) is 1.